The van der Waals surface area contributed by atoms with Crippen molar-refractivity contribution in [2.24, 2.45) is 0 Å². The van der Waals surface area contributed by atoms with Crippen molar-refractivity contribution in [3.63, 3.8) is 0 Å². The average Bonchev–Trinajstić information content (AvgIpc) is 2.89. The molecule has 21 heavy (non-hydrogen) atoms. The van der Waals surface area contributed by atoms with Gasteiger partial charge in [0.2, 0.25) is 5.91 Å². The first-order chi connectivity index (χ1) is 10.0. The maximum Gasteiger partial charge on any atom is 0.246 e. The lowest BCUT2D eigenvalue weighted by atomic mass is 10.3. The van der Waals surface area contributed by atoms with Gasteiger partial charge in [-0.1, -0.05) is 11.3 Å². The minimum Gasteiger partial charge on any atom is -0.304 e. The first-order valence-electron chi connectivity index (χ1n) is 6.48. The number of aromatic nitrogens is 2. The lowest BCUT2D eigenvalue weighted by molar-refractivity contribution is -0.118. The highest BCUT2D eigenvalue weighted by atomic mass is 32.2. The van der Waals surface area contributed by atoms with Crippen molar-refractivity contribution >= 4 is 34.2 Å². The third-order valence-corrected chi connectivity index (χ3v) is 5.17. The highest BCUT2D eigenvalue weighted by molar-refractivity contribution is 7.75. The van der Waals surface area contributed by atoms with E-state index < -0.39 is 0 Å². The minimum atomic E-state index is 0.0661. The first-order valence-corrected chi connectivity index (χ1v) is 8.59. The van der Waals surface area contributed by atoms with E-state index >= 15 is 0 Å². The molecular weight excluding hydrogens is 304 g/mol. The number of pyridine rings is 1. The van der Waals surface area contributed by atoms with Gasteiger partial charge in [-0.15, -0.1) is 4.31 Å². The Morgan fingerprint density at radius 2 is 2.19 bits per heavy atom. The summed E-state index contributed by atoms with van der Waals surface area (Å²) in [6.07, 6.45) is 5.53. The van der Waals surface area contributed by atoms with Gasteiger partial charge in [0.1, 0.15) is 22.8 Å². The number of carbonyl (C=O) groups is 1. The molecule has 0 saturated carbocycles. The van der Waals surface area contributed by atoms with E-state index in [2.05, 4.69) is 9.97 Å². The molecule has 2 rings (SSSR count). The molecule has 112 valence electrons. The summed E-state index contributed by atoms with van der Waals surface area (Å²) in [5, 5.41) is 1.78. The van der Waals surface area contributed by atoms with E-state index in [0.29, 0.717) is 6.54 Å². The molecule has 0 unspecified atom stereocenters. The fourth-order valence-electron chi connectivity index (χ4n) is 1.80. The summed E-state index contributed by atoms with van der Waals surface area (Å²) in [5.74, 6) is 0.0661. The number of hydrogen-bond donors (Lipinski definition) is 0. The molecule has 0 aliphatic rings. The largest absolute Gasteiger partial charge is 0.304 e. The van der Waals surface area contributed by atoms with Crippen LogP contribution in [0.2, 0.25) is 0 Å². The molecule has 1 amide bonds. The molecule has 5 nitrogen and oxygen atoms in total. The predicted molar refractivity (Wildman–Crippen MR) is 90.8 cm³/mol. The fraction of sp³-hybridized carbons (Fsp3) is 0.357. The van der Waals surface area contributed by atoms with Crippen LogP contribution < -0.4 is 4.90 Å². The van der Waals surface area contributed by atoms with E-state index in [4.69, 9.17) is 0 Å². The van der Waals surface area contributed by atoms with E-state index in [1.807, 2.05) is 36.7 Å². The second-order valence-corrected chi connectivity index (χ2v) is 6.68. The van der Waals surface area contributed by atoms with Gasteiger partial charge in [-0.25, -0.2) is 4.98 Å². The number of nitrogens with zero attached hydrogens (tertiary/aromatic N) is 4. The normalized spacial score (nSPS) is 10.9. The van der Waals surface area contributed by atoms with Crippen LogP contribution in [0.3, 0.4) is 0 Å². The second-order valence-electron chi connectivity index (χ2n) is 4.62. The molecule has 0 fully saturated rings. The Morgan fingerprint density at radius 1 is 1.43 bits per heavy atom. The third kappa shape index (κ3) is 3.81. The summed E-state index contributed by atoms with van der Waals surface area (Å²) >= 11 is 2.60. The van der Waals surface area contributed by atoms with Crippen LogP contribution in [-0.4, -0.2) is 47.1 Å². The van der Waals surface area contributed by atoms with E-state index in [0.717, 1.165) is 33.2 Å². The summed E-state index contributed by atoms with van der Waals surface area (Å²) in [6.45, 7) is 2.32. The summed E-state index contributed by atoms with van der Waals surface area (Å²) in [6, 6.07) is 3.86. The maximum absolute atomic E-state index is 12.3. The van der Waals surface area contributed by atoms with E-state index in [1.165, 1.54) is 11.3 Å². The van der Waals surface area contributed by atoms with Gasteiger partial charge >= 0.3 is 0 Å². The minimum absolute atomic E-state index is 0.0661. The number of anilines is 1. The molecule has 0 N–H and O–H groups in total. The molecule has 2 aromatic heterocycles. The highest BCUT2D eigenvalue weighted by Crippen LogP contribution is 2.33. The first kappa shape index (κ1) is 15.9. The Labute approximate surface area is 133 Å². The lowest BCUT2D eigenvalue weighted by Crippen LogP contribution is -2.35. The van der Waals surface area contributed by atoms with Crippen LogP contribution >= 0.6 is 11.3 Å². The Hall–Kier alpha value is -1.44. The van der Waals surface area contributed by atoms with E-state index in [-0.39, 0.29) is 5.91 Å². The summed E-state index contributed by atoms with van der Waals surface area (Å²) in [4.78, 5) is 22.6. The number of carbonyl (C=O) groups excluding carboxylic acids is 1. The van der Waals surface area contributed by atoms with Gasteiger partial charge in [0, 0.05) is 32.1 Å². The Bertz CT molecular complexity index is 615. The molecule has 0 atom stereocenters. The van der Waals surface area contributed by atoms with Crippen molar-refractivity contribution in [1.29, 1.82) is 0 Å². The zero-order chi connectivity index (χ0) is 15.4. The molecule has 0 aromatic carbocycles. The number of aryl methyl sites for hydroxylation is 1. The van der Waals surface area contributed by atoms with Gasteiger partial charge in [0.05, 0.1) is 17.6 Å². The van der Waals surface area contributed by atoms with Crippen molar-refractivity contribution in [3.05, 3.63) is 30.2 Å². The molecule has 0 spiro atoms. The van der Waals surface area contributed by atoms with Crippen LogP contribution in [0.1, 0.15) is 5.69 Å². The summed E-state index contributed by atoms with van der Waals surface area (Å²) < 4.78 is 1.96. The number of amides is 1. The number of likely N-dealkylation sites (N-methyl/N-ethyl adjacent to an activating group) is 2. The van der Waals surface area contributed by atoms with Gasteiger partial charge in [-0.2, -0.15) is 0 Å². The smallest absolute Gasteiger partial charge is 0.246 e. The summed E-state index contributed by atoms with van der Waals surface area (Å²) in [7, 11) is 3.73. The van der Waals surface area contributed by atoms with E-state index in [1.54, 1.807) is 24.3 Å². The van der Waals surface area contributed by atoms with Crippen molar-refractivity contribution in [2.75, 3.05) is 31.8 Å². The van der Waals surface area contributed by atoms with Crippen molar-refractivity contribution in [1.82, 2.24) is 14.3 Å². The Kier molecular flexibility index (Phi) is 5.33. The van der Waals surface area contributed by atoms with Crippen LogP contribution in [-0.2, 0) is 16.7 Å². The third-order valence-electron chi connectivity index (χ3n) is 3.06. The second kappa shape index (κ2) is 7.02. The van der Waals surface area contributed by atoms with Crippen molar-refractivity contribution < 1.29 is 4.79 Å². The van der Waals surface area contributed by atoms with Crippen LogP contribution in [0.5, 0.6) is 0 Å². The zero-order valence-electron chi connectivity index (χ0n) is 12.6. The number of hydrogen-bond acceptors (Lipinski definition) is 5. The topological polar surface area (TPSA) is 49.3 Å². The Balaban J connectivity index is 2.21. The maximum atomic E-state index is 12.3. The van der Waals surface area contributed by atoms with Crippen molar-refractivity contribution in [2.45, 2.75) is 6.92 Å². The average molecular weight is 323 g/mol. The molecular formula is C14H19N4OS2+. The lowest BCUT2D eigenvalue weighted by Gasteiger charge is -2.16. The standard InChI is InChI=1S/C14H18N4OS2/c1-10-14(18(3)12(19)9-17(2)20-4)21-13(16-10)11-6-5-7-15-8-11/h5-8H,9H2,1-4H3/p+1. The van der Waals surface area contributed by atoms with E-state index in [9.17, 15) is 4.79 Å². The van der Waals surface area contributed by atoms with Crippen LogP contribution in [0.15, 0.2) is 24.5 Å². The fourth-order valence-corrected chi connectivity index (χ4v) is 3.10. The number of thiol groups is 1. The monoisotopic (exact) mass is 323 g/mol. The molecule has 0 radical (unpaired) electrons. The van der Waals surface area contributed by atoms with Gasteiger partial charge in [-0.05, 0) is 19.1 Å². The predicted octanol–water partition coefficient (Wildman–Crippen LogP) is 1.77. The van der Waals surface area contributed by atoms with Gasteiger partial charge in [0.25, 0.3) is 0 Å². The molecule has 0 aliphatic carbocycles. The van der Waals surface area contributed by atoms with Crippen LogP contribution in [0, 0.1) is 6.92 Å². The molecule has 2 aromatic rings. The number of rotatable bonds is 5. The quantitative estimate of drug-likeness (QED) is 0.621. The molecule has 2 heterocycles. The van der Waals surface area contributed by atoms with Gasteiger partial charge in [0.15, 0.2) is 0 Å². The van der Waals surface area contributed by atoms with Gasteiger partial charge in [-0.3, -0.25) is 9.78 Å². The Morgan fingerprint density at radius 3 is 2.81 bits per heavy atom. The molecule has 0 saturated heterocycles. The van der Waals surface area contributed by atoms with Crippen molar-refractivity contribution in [3.8, 4) is 10.6 Å². The molecule has 7 heteroatoms. The van der Waals surface area contributed by atoms with Gasteiger partial charge < -0.3 is 4.90 Å². The molecule has 0 aliphatic heterocycles. The van der Waals surface area contributed by atoms with Crippen LogP contribution in [0.4, 0.5) is 5.00 Å². The highest BCUT2D eigenvalue weighted by Gasteiger charge is 2.20. The molecule has 0 bridgehead atoms. The zero-order valence-corrected chi connectivity index (χ0v) is 14.3. The van der Waals surface area contributed by atoms with Crippen LogP contribution in [0.25, 0.3) is 10.6 Å². The number of thiazole rings is 1. The SMILES string of the molecule is C[SH+]N(C)CC(=O)N(C)c1sc(-c2cccnc2)nc1C. The summed E-state index contributed by atoms with van der Waals surface area (Å²) in [5.41, 5.74) is 1.84.